The number of morpholine rings is 1. The van der Waals surface area contributed by atoms with E-state index in [2.05, 4.69) is 28.5 Å². The zero-order valence-electron chi connectivity index (χ0n) is 20.0. The minimum absolute atomic E-state index is 0.113. The number of nitrogens with one attached hydrogen (secondary N) is 1. The molecule has 0 aliphatic carbocycles. The molecule has 0 radical (unpaired) electrons. The number of nitroso groups, excluding NO2 is 1. The fourth-order valence-corrected chi connectivity index (χ4v) is 4.32. The zero-order chi connectivity index (χ0) is 25.6. The molecule has 4 aromatic rings. The average molecular weight is 496 g/mol. The highest BCUT2D eigenvalue weighted by molar-refractivity contribution is 5.94. The molecule has 0 spiro atoms. The highest BCUT2D eigenvalue weighted by atomic mass is 16.5. The number of fused-ring (bicyclic) bond motifs is 1. The van der Waals surface area contributed by atoms with Gasteiger partial charge >= 0.3 is 6.03 Å². The van der Waals surface area contributed by atoms with E-state index in [-0.39, 0.29) is 6.03 Å². The Bertz CT molecular complexity index is 1420. The Kier molecular flexibility index (Phi) is 7.14. The molecule has 9 heteroatoms. The van der Waals surface area contributed by atoms with E-state index in [0.29, 0.717) is 38.4 Å². The number of carbonyl (C=O) groups is 2. The van der Waals surface area contributed by atoms with Gasteiger partial charge in [-0.05, 0) is 53.1 Å². The first kappa shape index (κ1) is 24.1. The highest BCUT2D eigenvalue weighted by Gasteiger charge is 2.24. The molecule has 1 N–H and O–H groups in total. The summed E-state index contributed by atoms with van der Waals surface area (Å²) in [7, 11) is 0. The summed E-state index contributed by atoms with van der Waals surface area (Å²) >= 11 is 0. The van der Waals surface area contributed by atoms with E-state index in [1.54, 1.807) is 40.3 Å². The van der Waals surface area contributed by atoms with Gasteiger partial charge in [-0.15, -0.1) is 4.91 Å². The summed E-state index contributed by atoms with van der Waals surface area (Å²) in [6.07, 6.45) is 1.78. The first-order valence-corrected chi connectivity index (χ1v) is 11.9. The van der Waals surface area contributed by atoms with Crippen molar-refractivity contribution in [3.8, 4) is 11.1 Å². The summed E-state index contributed by atoms with van der Waals surface area (Å²) in [4.78, 5) is 43.6. The predicted molar refractivity (Wildman–Crippen MR) is 141 cm³/mol. The van der Waals surface area contributed by atoms with Crippen LogP contribution in [-0.2, 0) is 11.3 Å². The van der Waals surface area contributed by atoms with E-state index in [9.17, 15) is 14.5 Å². The molecule has 0 bridgehead atoms. The molecule has 3 amide bonds. The van der Waals surface area contributed by atoms with E-state index in [0.717, 1.165) is 33.3 Å². The molecular weight excluding hydrogens is 470 g/mol. The Labute approximate surface area is 213 Å². The maximum absolute atomic E-state index is 13.5. The second-order valence-corrected chi connectivity index (χ2v) is 8.66. The molecule has 3 aromatic carbocycles. The smallest absolute Gasteiger partial charge is 0.324 e. The minimum atomic E-state index is -0.581. The van der Waals surface area contributed by atoms with Crippen molar-refractivity contribution < 1.29 is 14.3 Å². The fraction of sp³-hybridized carbons (Fsp3) is 0.179. The van der Waals surface area contributed by atoms with Crippen molar-refractivity contribution in [1.82, 2.24) is 15.3 Å². The van der Waals surface area contributed by atoms with Gasteiger partial charge in [0.1, 0.15) is 0 Å². The number of benzene rings is 3. The molecule has 9 nitrogen and oxygen atoms in total. The van der Waals surface area contributed by atoms with Crippen molar-refractivity contribution in [1.29, 1.82) is 0 Å². The number of aromatic nitrogens is 1. The Hall–Kier alpha value is -4.63. The number of rotatable bonds is 6. The van der Waals surface area contributed by atoms with Crippen LogP contribution in [0.2, 0.25) is 0 Å². The number of pyridine rings is 1. The number of anilines is 1. The number of ether oxygens (including phenoxy) is 1. The van der Waals surface area contributed by atoms with Crippen LogP contribution >= 0.6 is 0 Å². The van der Waals surface area contributed by atoms with Crippen LogP contribution in [0.25, 0.3) is 22.0 Å². The monoisotopic (exact) mass is 495 g/mol. The summed E-state index contributed by atoms with van der Waals surface area (Å²) in [6.45, 7) is 2.36. The lowest BCUT2D eigenvalue weighted by Crippen LogP contribution is -2.48. The van der Waals surface area contributed by atoms with Crippen molar-refractivity contribution in [2.75, 3.05) is 31.2 Å². The molecule has 0 atom stereocenters. The molecule has 1 aliphatic rings. The molecule has 1 saturated heterocycles. The Balaban J connectivity index is 1.41. The molecule has 186 valence electrons. The Morgan fingerprint density at radius 1 is 0.946 bits per heavy atom. The SMILES string of the molecule is O=NNC(=O)c1ccc(CN(C(=O)N2CCOCC2)c2ccc(-c3ccc4cccnc4c3)cc2)cc1. The molecule has 5 rings (SSSR count). The highest BCUT2D eigenvalue weighted by Crippen LogP contribution is 2.27. The Morgan fingerprint density at radius 2 is 1.68 bits per heavy atom. The van der Waals surface area contributed by atoms with Gasteiger partial charge in [0.25, 0.3) is 5.91 Å². The maximum atomic E-state index is 13.5. The average Bonchev–Trinajstić information content (AvgIpc) is 2.96. The lowest BCUT2D eigenvalue weighted by atomic mass is 10.0. The normalized spacial score (nSPS) is 13.2. The lowest BCUT2D eigenvalue weighted by molar-refractivity contribution is 0.0548. The molecule has 37 heavy (non-hydrogen) atoms. The van der Waals surface area contributed by atoms with Crippen LogP contribution in [0.3, 0.4) is 0 Å². The summed E-state index contributed by atoms with van der Waals surface area (Å²) in [6, 6.07) is 24.6. The summed E-state index contributed by atoms with van der Waals surface area (Å²) in [5.74, 6) is -0.581. The van der Waals surface area contributed by atoms with E-state index < -0.39 is 5.91 Å². The van der Waals surface area contributed by atoms with Crippen molar-refractivity contribution >= 4 is 28.5 Å². The number of hydrogen-bond donors (Lipinski definition) is 1. The topological polar surface area (TPSA) is 104 Å². The molecule has 1 aliphatic heterocycles. The van der Waals surface area contributed by atoms with Crippen molar-refractivity contribution in [2.45, 2.75) is 6.54 Å². The van der Waals surface area contributed by atoms with Crippen LogP contribution in [-0.4, -0.2) is 48.1 Å². The number of carbonyl (C=O) groups excluding carboxylic acids is 2. The van der Waals surface area contributed by atoms with Crippen LogP contribution in [0, 0.1) is 4.91 Å². The third-order valence-corrected chi connectivity index (χ3v) is 6.33. The van der Waals surface area contributed by atoms with Crippen LogP contribution in [0.5, 0.6) is 0 Å². The van der Waals surface area contributed by atoms with Crippen LogP contribution in [0.15, 0.2) is 90.3 Å². The van der Waals surface area contributed by atoms with Gasteiger partial charge in [0.15, 0.2) is 0 Å². The number of amides is 3. The molecule has 2 heterocycles. The van der Waals surface area contributed by atoms with Crippen LogP contribution in [0.1, 0.15) is 15.9 Å². The van der Waals surface area contributed by atoms with Gasteiger partial charge in [0, 0.05) is 35.9 Å². The Morgan fingerprint density at radius 3 is 2.41 bits per heavy atom. The van der Waals surface area contributed by atoms with E-state index in [1.165, 1.54) is 0 Å². The van der Waals surface area contributed by atoms with Crippen molar-refractivity contribution in [2.24, 2.45) is 5.29 Å². The molecule has 1 fully saturated rings. The summed E-state index contributed by atoms with van der Waals surface area (Å²) in [5, 5.41) is 3.50. The number of hydrogen-bond acceptors (Lipinski definition) is 6. The third-order valence-electron chi connectivity index (χ3n) is 6.33. The summed E-state index contributed by atoms with van der Waals surface area (Å²) in [5.41, 5.74) is 6.77. The molecular formula is C28H25N5O4. The number of urea groups is 1. The van der Waals surface area contributed by atoms with Gasteiger partial charge in [0.2, 0.25) is 0 Å². The van der Waals surface area contributed by atoms with E-state index in [4.69, 9.17) is 4.74 Å². The quantitative estimate of drug-likeness (QED) is 0.306. The minimum Gasteiger partial charge on any atom is -0.378 e. The lowest BCUT2D eigenvalue weighted by Gasteiger charge is -2.33. The largest absolute Gasteiger partial charge is 0.378 e. The van der Waals surface area contributed by atoms with E-state index >= 15 is 0 Å². The van der Waals surface area contributed by atoms with Gasteiger partial charge in [-0.3, -0.25) is 14.7 Å². The van der Waals surface area contributed by atoms with Gasteiger partial charge in [0.05, 0.1) is 30.6 Å². The van der Waals surface area contributed by atoms with E-state index in [1.807, 2.05) is 41.8 Å². The summed E-state index contributed by atoms with van der Waals surface area (Å²) < 4.78 is 5.42. The molecule has 0 unspecified atom stereocenters. The fourth-order valence-electron chi connectivity index (χ4n) is 4.32. The molecule has 1 aromatic heterocycles. The number of nitrogens with zero attached hydrogens (tertiary/aromatic N) is 4. The van der Waals surface area contributed by atoms with Gasteiger partial charge < -0.3 is 9.64 Å². The first-order chi connectivity index (χ1) is 18.1. The van der Waals surface area contributed by atoms with Gasteiger partial charge in [-0.1, -0.05) is 42.5 Å². The van der Waals surface area contributed by atoms with Crippen molar-refractivity contribution in [3.63, 3.8) is 0 Å². The third kappa shape index (κ3) is 5.46. The maximum Gasteiger partial charge on any atom is 0.324 e. The predicted octanol–water partition coefficient (Wildman–Crippen LogP) is 4.77. The van der Waals surface area contributed by atoms with Crippen LogP contribution < -0.4 is 10.3 Å². The van der Waals surface area contributed by atoms with Crippen LogP contribution in [0.4, 0.5) is 10.5 Å². The zero-order valence-corrected chi connectivity index (χ0v) is 20.0. The van der Waals surface area contributed by atoms with Crippen molar-refractivity contribution in [3.05, 3.63) is 101 Å². The second-order valence-electron chi connectivity index (χ2n) is 8.66. The standard InChI is InChI=1S/C28H25N5O4/c34-27(30-31-36)23-5-3-20(4-6-23)19-33(28(35)32-14-16-37-17-15-32)25-11-9-21(10-12-25)24-8-7-22-2-1-13-29-26(22)18-24/h1-13,18H,14-17,19H2,(H,30,34,36). The van der Waals surface area contributed by atoms with Gasteiger partial charge in [-0.25, -0.2) is 10.2 Å². The molecule has 0 saturated carbocycles. The second kappa shape index (κ2) is 11.0. The van der Waals surface area contributed by atoms with Gasteiger partial charge in [-0.2, -0.15) is 0 Å². The first-order valence-electron chi connectivity index (χ1n) is 11.9.